The predicted molar refractivity (Wildman–Crippen MR) is 47.4 cm³/mol. The molecular weight excluding hydrogens is 227 g/mol. The van der Waals surface area contributed by atoms with Crippen molar-refractivity contribution in [3.8, 4) is 0 Å². The van der Waals surface area contributed by atoms with Crippen molar-refractivity contribution in [3.05, 3.63) is 11.9 Å². The number of anilines is 1. The molecule has 1 aliphatic heterocycles. The number of hydrogen-bond acceptors (Lipinski definition) is 3. The fourth-order valence-corrected chi connectivity index (χ4v) is 1.65. The van der Waals surface area contributed by atoms with Gasteiger partial charge in [-0.25, -0.2) is 9.78 Å². The third-order valence-electron chi connectivity index (χ3n) is 2.37. The molecule has 0 amide bonds. The monoisotopic (exact) mass is 235 g/mol. The molecule has 5 nitrogen and oxygen atoms in total. The van der Waals surface area contributed by atoms with Crippen LogP contribution >= 0.6 is 0 Å². The minimum Gasteiger partial charge on any atom is -0.476 e. The van der Waals surface area contributed by atoms with Gasteiger partial charge in [-0.2, -0.15) is 13.2 Å². The fraction of sp³-hybridized carbons (Fsp3) is 0.500. The Morgan fingerprint density at radius 2 is 2.31 bits per heavy atom. The van der Waals surface area contributed by atoms with Gasteiger partial charge in [0.15, 0.2) is 5.69 Å². The number of fused-ring (bicyclic) bond motifs is 1. The second-order valence-electron chi connectivity index (χ2n) is 3.44. The Morgan fingerprint density at radius 1 is 1.62 bits per heavy atom. The average Bonchev–Trinajstić information content (AvgIpc) is 2.58. The van der Waals surface area contributed by atoms with Crippen LogP contribution in [-0.2, 0) is 0 Å². The molecule has 0 radical (unpaired) electrons. The summed E-state index contributed by atoms with van der Waals surface area (Å²) < 4.78 is 38.6. The van der Waals surface area contributed by atoms with Gasteiger partial charge >= 0.3 is 12.1 Å². The predicted octanol–water partition coefficient (Wildman–Crippen LogP) is 1.50. The standard InChI is InChI=1S/C8H8F3N3O2/c9-8(10,11)5-1-2-12-7-13-4(6(15)16)3-14(5)7/h3,5H,1-2H2,(H,12,13)(H,15,16)/t5-/m1/s1. The van der Waals surface area contributed by atoms with Gasteiger partial charge in [-0.1, -0.05) is 0 Å². The molecule has 1 aromatic rings. The molecule has 1 atom stereocenters. The van der Waals surface area contributed by atoms with Crippen molar-refractivity contribution in [1.29, 1.82) is 0 Å². The number of aromatic nitrogens is 2. The maximum atomic E-state index is 12.6. The Hall–Kier alpha value is -1.73. The molecule has 0 unspecified atom stereocenters. The molecule has 2 rings (SSSR count). The Bertz CT molecular complexity index is 427. The van der Waals surface area contributed by atoms with E-state index in [9.17, 15) is 18.0 Å². The number of carboxylic acid groups (broad SMARTS) is 1. The van der Waals surface area contributed by atoms with Crippen molar-refractivity contribution in [2.24, 2.45) is 0 Å². The SMILES string of the molecule is O=C(O)c1cn2c(n1)NCC[C@@H]2C(F)(F)F. The lowest BCUT2D eigenvalue weighted by molar-refractivity contribution is -0.169. The first kappa shape index (κ1) is 10.8. The normalized spacial score (nSPS) is 20.1. The van der Waals surface area contributed by atoms with Gasteiger partial charge in [-0.15, -0.1) is 0 Å². The number of alkyl halides is 3. The summed E-state index contributed by atoms with van der Waals surface area (Å²) in [6.45, 7) is 0.125. The molecule has 2 N–H and O–H groups in total. The highest BCUT2D eigenvalue weighted by atomic mass is 19.4. The number of aromatic carboxylic acids is 1. The summed E-state index contributed by atoms with van der Waals surface area (Å²) in [6.07, 6.45) is -3.62. The van der Waals surface area contributed by atoms with Crippen molar-refractivity contribution in [2.45, 2.75) is 18.6 Å². The molecule has 8 heteroatoms. The van der Waals surface area contributed by atoms with Crippen LogP contribution in [-0.4, -0.2) is 33.3 Å². The van der Waals surface area contributed by atoms with E-state index in [1.54, 1.807) is 0 Å². The molecule has 0 fully saturated rings. The highest BCUT2D eigenvalue weighted by molar-refractivity contribution is 5.85. The second kappa shape index (κ2) is 3.39. The number of nitrogens with one attached hydrogen (secondary N) is 1. The molecule has 88 valence electrons. The quantitative estimate of drug-likeness (QED) is 0.774. The summed E-state index contributed by atoms with van der Waals surface area (Å²) in [5, 5.41) is 11.3. The van der Waals surface area contributed by atoms with Gasteiger partial charge in [-0.3, -0.25) is 0 Å². The summed E-state index contributed by atoms with van der Waals surface area (Å²) in [4.78, 5) is 14.2. The van der Waals surface area contributed by atoms with Crippen LogP contribution in [0, 0.1) is 0 Å². The summed E-state index contributed by atoms with van der Waals surface area (Å²) in [5.74, 6) is -1.39. The first-order valence-electron chi connectivity index (χ1n) is 4.52. The van der Waals surface area contributed by atoms with Crippen LogP contribution in [0.15, 0.2) is 6.20 Å². The zero-order valence-corrected chi connectivity index (χ0v) is 7.95. The van der Waals surface area contributed by atoms with Crippen molar-refractivity contribution in [1.82, 2.24) is 9.55 Å². The summed E-state index contributed by atoms with van der Waals surface area (Å²) in [5.41, 5.74) is -0.390. The molecule has 0 spiro atoms. The van der Waals surface area contributed by atoms with Crippen LogP contribution < -0.4 is 5.32 Å². The summed E-state index contributed by atoms with van der Waals surface area (Å²) >= 11 is 0. The van der Waals surface area contributed by atoms with Gasteiger partial charge in [0.2, 0.25) is 5.95 Å². The van der Waals surface area contributed by atoms with Crippen molar-refractivity contribution >= 4 is 11.9 Å². The van der Waals surface area contributed by atoms with E-state index in [-0.39, 0.29) is 18.9 Å². The third-order valence-corrected chi connectivity index (χ3v) is 2.37. The van der Waals surface area contributed by atoms with Gasteiger partial charge in [0.1, 0.15) is 6.04 Å². The zero-order valence-electron chi connectivity index (χ0n) is 7.95. The lowest BCUT2D eigenvalue weighted by Gasteiger charge is -2.27. The van der Waals surface area contributed by atoms with Crippen LogP contribution in [0.1, 0.15) is 23.0 Å². The Morgan fingerprint density at radius 3 is 2.88 bits per heavy atom. The first-order chi connectivity index (χ1) is 7.39. The zero-order chi connectivity index (χ0) is 11.9. The first-order valence-corrected chi connectivity index (χ1v) is 4.52. The molecule has 0 bridgehead atoms. The maximum absolute atomic E-state index is 12.6. The van der Waals surface area contributed by atoms with Crippen LogP contribution in [0.3, 0.4) is 0 Å². The van der Waals surface area contributed by atoms with E-state index >= 15 is 0 Å². The van der Waals surface area contributed by atoms with Crippen LogP contribution in [0.4, 0.5) is 19.1 Å². The molecule has 1 aliphatic rings. The number of nitrogens with zero attached hydrogens (tertiary/aromatic N) is 2. The Kier molecular flexibility index (Phi) is 2.28. The Labute approximate surface area is 87.9 Å². The van der Waals surface area contributed by atoms with E-state index in [2.05, 4.69) is 10.3 Å². The van der Waals surface area contributed by atoms with Gasteiger partial charge in [0.05, 0.1) is 0 Å². The highest BCUT2D eigenvalue weighted by Gasteiger charge is 2.43. The van der Waals surface area contributed by atoms with E-state index in [0.717, 1.165) is 10.8 Å². The van der Waals surface area contributed by atoms with Crippen molar-refractivity contribution in [3.63, 3.8) is 0 Å². The molecular formula is C8H8F3N3O2. The number of carboxylic acids is 1. The van der Waals surface area contributed by atoms with Crippen molar-refractivity contribution < 1.29 is 23.1 Å². The summed E-state index contributed by atoms with van der Waals surface area (Å²) in [6, 6.07) is -1.70. The largest absolute Gasteiger partial charge is 0.476 e. The number of rotatable bonds is 1. The topological polar surface area (TPSA) is 67.1 Å². The minimum absolute atomic E-state index is 0.0500. The van der Waals surface area contributed by atoms with E-state index in [0.29, 0.717) is 0 Å². The molecule has 0 saturated heterocycles. The minimum atomic E-state index is -4.40. The molecule has 16 heavy (non-hydrogen) atoms. The van der Waals surface area contributed by atoms with E-state index in [1.807, 2.05) is 0 Å². The fourth-order valence-electron chi connectivity index (χ4n) is 1.65. The lowest BCUT2D eigenvalue weighted by atomic mass is 10.1. The van der Waals surface area contributed by atoms with Crippen LogP contribution in [0.5, 0.6) is 0 Å². The molecule has 0 aromatic carbocycles. The Balaban J connectivity index is 2.42. The van der Waals surface area contributed by atoms with Gasteiger partial charge in [0.25, 0.3) is 0 Å². The molecule has 0 saturated carbocycles. The van der Waals surface area contributed by atoms with Gasteiger partial charge in [0, 0.05) is 12.7 Å². The summed E-state index contributed by atoms with van der Waals surface area (Å²) in [7, 11) is 0. The van der Waals surface area contributed by atoms with Crippen LogP contribution in [0.2, 0.25) is 0 Å². The van der Waals surface area contributed by atoms with E-state index in [4.69, 9.17) is 5.11 Å². The van der Waals surface area contributed by atoms with E-state index in [1.165, 1.54) is 0 Å². The third kappa shape index (κ3) is 1.70. The highest BCUT2D eigenvalue weighted by Crippen LogP contribution is 2.37. The number of imidazole rings is 1. The average molecular weight is 235 g/mol. The molecule has 2 heterocycles. The molecule has 0 aliphatic carbocycles. The van der Waals surface area contributed by atoms with E-state index < -0.39 is 23.9 Å². The number of carbonyl (C=O) groups is 1. The maximum Gasteiger partial charge on any atom is 0.409 e. The second-order valence-corrected chi connectivity index (χ2v) is 3.44. The van der Waals surface area contributed by atoms with Crippen LogP contribution in [0.25, 0.3) is 0 Å². The molecule has 1 aromatic heterocycles. The number of halogens is 3. The lowest BCUT2D eigenvalue weighted by Crippen LogP contribution is -2.33. The van der Waals surface area contributed by atoms with Gasteiger partial charge < -0.3 is 15.0 Å². The number of hydrogen-bond donors (Lipinski definition) is 2. The van der Waals surface area contributed by atoms with Crippen molar-refractivity contribution in [2.75, 3.05) is 11.9 Å². The smallest absolute Gasteiger partial charge is 0.409 e. The van der Waals surface area contributed by atoms with Gasteiger partial charge in [-0.05, 0) is 6.42 Å².